The lowest BCUT2D eigenvalue weighted by Crippen LogP contribution is -2.28. The molecule has 0 fully saturated rings. The standard InChI is InChI=1S/C12H20O4/c1-9(14)7-11(12(3,4)8-13)5-6-16-10(2)15/h8,11H,5-7H2,1-4H3. The van der Waals surface area contributed by atoms with E-state index in [0.29, 0.717) is 12.8 Å². The third-order valence-corrected chi connectivity index (χ3v) is 2.66. The quantitative estimate of drug-likeness (QED) is 0.492. The predicted octanol–water partition coefficient (Wildman–Crippen LogP) is 1.76. The number of aldehydes is 1. The van der Waals surface area contributed by atoms with Crippen LogP contribution in [0.4, 0.5) is 0 Å². The Bertz CT molecular complexity index is 268. The molecule has 0 bridgehead atoms. The molecular formula is C12H20O4. The summed E-state index contributed by atoms with van der Waals surface area (Å²) in [5.74, 6) is -0.380. The molecule has 0 spiro atoms. The molecule has 4 heteroatoms. The molecule has 0 saturated carbocycles. The minimum Gasteiger partial charge on any atom is -0.466 e. The van der Waals surface area contributed by atoms with E-state index in [-0.39, 0.29) is 24.3 Å². The lowest BCUT2D eigenvalue weighted by molar-refractivity contribution is -0.141. The number of hydrogen-bond acceptors (Lipinski definition) is 4. The summed E-state index contributed by atoms with van der Waals surface area (Å²) in [5, 5.41) is 0. The summed E-state index contributed by atoms with van der Waals surface area (Å²) in [6.07, 6.45) is 1.73. The van der Waals surface area contributed by atoms with Gasteiger partial charge in [0.25, 0.3) is 0 Å². The largest absolute Gasteiger partial charge is 0.466 e. The fraction of sp³-hybridized carbons (Fsp3) is 0.750. The van der Waals surface area contributed by atoms with Crippen molar-refractivity contribution in [2.75, 3.05) is 6.61 Å². The summed E-state index contributed by atoms with van der Waals surface area (Å²) in [6, 6.07) is 0. The smallest absolute Gasteiger partial charge is 0.302 e. The van der Waals surface area contributed by atoms with Gasteiger partial charge in [-0.2, -0.15) is 0 Å². The summed E-state index contributed by atoms with van der Waals surface area (Å²) in [6.45, 7) is 6.68. The second kappa shape index (κ2) is 6.40. The molecule has 0 amide bonds. The third-order valence-electron chi connectivity index (χ3n) is 2.66. The molecule has 92 valence electrons. The molecule has 4 nitrogen and oxygen atoms in total. The minimum absolute atomic E-state index is 0.0442. The van der Waals surface area contributed by atoms with Crippen molar-refractivity contribution >= 4 is 18.0 Å². The van der Waals surface area contributed by atoms with E-state index in [4.69, 9.17) is 4.74 Å². The van der Waals surface area contributed by atoms with Crippen molar-refractivity contribution in [3.8, 4) is 0 Å². The van der Waals surface area contributed by atoms with Crippen LogP contribution >= 0.6 is 0 Å². The van der Waals surface area contributed by atoms with Crippen LogP contribution in [0.5, 0.6) is 0 Å². The van der Waals surface area contributed by atoms with Gasteiger partial charge in [-0.05, 0) is 19.3 Å². The van der Waals surface area contributed by atoms with E-state index in [9.17, 15) is 14.4 Å². The highest BCUT2D eigenvalue weighted by atomic mass is 16.5. The Hall–Kier alpha value is -1.19. The second-order valence-electron chi connectivity index (χ2n) is 4.67. The summed E-state index contributed by atoms with van der Waals surface area (Å²) in [4.78, 5) is 32.6. The highest BCUT2D eigenvalue weighted by molar-refractivity contribution is 5.76. The van der Waals surface area contributed by atoms with Gasteiger partial charge in [0.05, 0.1) is 6.61 Å². The van der Waals surface area contributed by atoms with Crippen molar-refractivity contribution in [3.05, 3.63) is 0 Å². The number of ether oxygens (including phenoxy) is 1. The van der Waals surface area contributed by atoms with Gasteiger partial charge >= 0.3 is 5.97 Å². The predicted molar refractivity (Wildman–Crippen MR) is 59.9 cm³/mol. The van der Waals surface area contributed by atoms with Crippen LogP contribution in [-0.2, 0) is 19.1 Å². The average Bonchev–Trinajstić information content (AvgIpc) is 2.15. The molecule has 0 radical (unpaired) electrons. The number of hydrogen-bond donors (Lipinski definition) is 0. The SMILES string of the molecule is CC(=O)CC(CCOC(C)=O)C(C)(C)C=O. The topological polar surface area (TPSA) is 60.4 Å². The van der Waals surface area contributed by atoms with E-state index in [1.807, 2.05) is 0 Å². The highest BCUT2D eigenvalue weighted by Gasteiger charge is 2.29. The molecule has 0 rings (SSSR count). The van der Waals surface area contributed by atoms with Crippen molar-refractivity contribution in [1.29, 1.82) is 0 Å². The maximum Gasteiger partial charge on any atom is 0.302 e. The van der Waals surface area contributed by atoms with Gasteiger partial charge in [0, 0.05) is 18.8 Å². The molecule has 0 aromatic heterocycles. The number of carbonyl (C=O) groups excluding carboxylic acids is 3. The maximum atomic E-state index is 11.1. The van der Waals surface area contributed by atoms with Gasteiger partial charge in [-0.15, -0.1) is 0 Å². The van der Waals surface area contributed by atoms with Crippen LogP contribution in [0, 0.1) is 11.3 Å². The average molecular weight is 228 g/mol. The summed E-state index contributed by atoms with van der Waals surface area (Å²) in [7, 11) is 0. The first-order valence-corrected chi connectivity index (χ1v) is 5.38. The molecule has 1 unspecified atom stereocenters. The second-order valence-corrected chi connectivity index (χ2v) is 4.67. The van der Waals surface area contributed by atoms with Crippen LogP contribution in [0.15, 0.2) is 0 Å². The highest BCUT2D eigenvalue weighted by Crippen LogP contribution is 2.30. The van der Waals surface area contributed by atoms with Crippen molar-refractivity contribution in [2.24, 2.45) is 11.3 Å². The summed E-state index contributed by atoms with van der Waals surface area (Å²) in [5.41, 5.74) is -0.564. The van der Waals surface area contributed by atoms with Gasteiger partial charge in [-0.1, -0.05) is 13.8 Å². The Morgan fingerprint density at radius 3 is 2.25 bits per heavy atom. The fourth-order valence-electron chi connectivity index (χ4n) is 1.53. The van der Waals surface area contributed by atoms with Gasteiger partial charge < -0.3 is 14.3 Å². The molecule has 16 heavy (non-hydrogen) atoms. The molecule has 0 aromatic carbocycles. The molecule has 0 saturated heterocycles. The monoisotopic (exact) mass is 228 g/mol. The van der Waals surface area contributed by atoms with Crippen LogP contribution in [0.3, 0.4) is 0 Å². The van der Waals surface area contributed by atoms with Crippen LogP contribution in [0.1, 0.15) is 40.5 Å². The molecule has 0 aliphatic rings. The van der Waals surface area contributed by atoms with Gasteiger partial charge in [0.2, 0.25) is 0 Å². The summed E-state index contributed by atoms with van der Waals surface area (Å²) >= 11 is 0. The Morgan fingerprint density at radius 1 is 1.31 bits per heavy atom. The zero-order chi connectivity index (χ0) is 12.8. The normalized spacial score (nSPS) is 13.0. The van der Waals surface area contributed by atoms with E-state index < -0.39 is 5.41 Å². The first-order valence-electron chi connectivity index (χ1n) is 5.38. The van der Waals surface area contributed by atoms with Crippen LogP contribution in [0.2, 0.25) is 0 Å². The molecule has 0 aliphatic carbocycles. The third kappa shape index (κ3) is 5.63. The lowest BCUT2D eigenvalue weighted by Gasteiger charge is -2.28. The van der Waals surface area contributed by atoms with Crippen LogP contribution in [-0.4, -0.2) is 24.6 Å². The minimum atomic E-state index is -0.564. The Labute approximate surface area is 96.4 Å². The molecule has 0 aromatic rings. The van der Waals surface area contributed by atoms with Gasteiger partial charge in [0.1, 0.15) is 12.1 Å². The fourth-order valence-corrected chi connectivity index (χ4v) is 1.53. The van der Waals surface area contributed by atoms with Crippen LogP contribution in [0.25, 0.3) is 0 Å². The van der Waals surface area contributed by atoms with Crippen molar-refractivity contribution in [2.45, 2.75) is 40.5 Å². The molecular weight excluding hydrogens is 208 g/mol. The van der Waals surface area contributed by atoms with Crippen molar-refractivity contribution in [3.63, 3.8) is 0 Å². The Kier molecular flexibility index (Phi) is 5.93. The zero-order valence-electron chi connectivity index (χ0n) is 10.4. The number of Topliss-reactive ketones (excluding diaryl/α,β-unsaturated/α-hetero) is 1. The first kappa shape index (κ1) is 14.8. The molecule has 0 heterocycles. The van der Waals surface area contributed by atoms with Gasteiger partial charge in [-0.25, -0.2) is 0 Å². The van der Waals surface area contributed by atoms with E-state index >= 15 is 0 Å². The Morgan fingerprint density at radius 2 is 1.88 bits per heavy atom. The number of carbonyl (C=O) groups is 3. The number of ketones is 1. The number of esters is 1. The van der Waals surface area contributed by atoms with Crippen LogP contribution < -0.4 is 0 Å². The van der Waals surface area contributed by atoms with E-state index in [1.165, 1.54) is 13.8 Å². The summed E-state index contributed by atoms with van der Waals surface area (Å²) < 4.78 is 4.83. The van der Waals surface area contributed by atoms with Gasteiger partial charge in [0.15, 0.2) is 0 Å². The maximum absolute atomic E-state index is 11.1. The number of rotatable bonds is 7. The lowest BCUT2D eigenvalue weighted by atomic mass is 9.76. The molecule has 1 atom stereocenters. The van der Waals surface area contributed by atoms with Crippen molar-refractivity contribution in [1.82, 2.24) is 0 Å². The first-order chi connectivity index (χ1) is 7.29. The zero-order valence-corrected chi connectivity index (χ0v) is 10.4. The molecule has 0 N–H and O–H groups in total. The Balaban J connectivity index is 4.37. The van der Waals surface area contributed by atoms with E-state index in [0.717, 1.165) is 6.29 Å². The van der Waals surface area contributed by atoms with Gasteiger partial charge in [-0.3, -0.25) is 4.79 Å². The molecule has 0 aliphatic heterocycles. The van der Waals surface area contributed by atoms with E-state index in [1.54, 1.807) is 13.8 Å². The van der Waals surface area contributed by atoms with Crippen molar-refractivity contribution < 1.29 is 19.1 Å². The van der Waals surface area contributed by atoms with E-state index in [2.05, 4.69) is 0 Å².